The summed E-state index contributed by atoms with van der Waals surface area (Å²) in [6.07, 6.45) is 3.67. The van der Waals surface area contributed by atoms with Gasteiger partial charge in [0.05, 0.1) is 11.2 Å². The van der Waals surface area contributed by atoms with Gasteiger partial charge in [-0.25, -0.2) is 9.97 Å². The highest BCUT2D eigenvalue weighted by Crippen LogP contribution is 2.29. The third-order valence-electron chi connectivity index (χ3n) is 2.89. The van der Waals surface area contributed by atoms with Crippen LogP contribution in [0.15, 0.2) is 10.9 Å². The molecule has 3 rings (SSSR count). The van der Waals surface area contributed by atoms with E-state index in [2.05, 4.69) is 22.6 Å². The first-order chi connectivity index (χ1) is 8.36. The number of aryl methyl sites for hydroxylation is 1. The minimum Gasteiger partial charge on any atom is -0.309 e. The molecule has 1 aliphatic carbocycles. The topological polar surface area (TPSA) is 37.8 Å². The standard InChI is InChI=1S/C12H15N3S2/c1-2-9-11(5-13-8-3-4-8)17-12(15-9)10-6-16-7-14-10/h6-8,13H,2-5H2,1H3. The molecule has 0 aliphatic heterocycles. The molecule has 3 nitrogen and oxygen atoms in total. The second kappa shape index (κ2) is 4.84. The van der Waals surface area contributed by atoms with Crippen molar-refractivity contribution in [3.63, 3.8) is 0 Å². The molecule has 2 aromatic heterocycles. The van der Waals surface area contributed by atoms with Crippen molar-refractivity contribution in [2.75, 3.05) is 0 Å². The number of hydrogen-bond donors (Lipinski definition) is 1. The minimum atomic E-state index is 0.754. The lowest BCUT2D eigenvalue weighted by molar-refractivity contribution is 0.689. The zero-order chi connectivity index (χ0) is 11.7. The number of rotatable bonds is 5. The highest BCUT2D eigenvalue weighted by Gasteiger charge is 2.21. The number of thiazole rings is 2. The molecule has 1 aliphatic rings. The Kier molecular flexibility index (Phi) is 3.22. The van der Waals surface area contributed by atoms with Gasteiger partial charge >= 0.3 is 0 Å². The molecule has 0 aromatic carbocycles. The first kappa shape index (κ1) is 11.3. The Morgan fingerprint density at radius 1 is 1.47 bits per heavy atom. The van der Waals surface area contributed by atoms with Gasteiger partial charge in [0.2, 0.25) is 0 Å². The normalized spacial score (nSPS) is 15.4. The van der Waals surface area contributed by atoms with E-state index in [9.17, 15) is 0 Å². The molecule has 0 radical (unpaired) electrons. The number of aromatic nitrogens is 2. The molecule has 2 heterocycles. The zero-order valence-electron chi connectivity index (χ0n) is 9.77. The average molecular weight is 265 g/mol. The molecule has 1 fully saturated rings. The van der Waals surface area contributed by atoms with Gasteiger partial charge in [-0.3, -0.25) is 0 Å². The van der Waals surface area contributed by atoms with Crippen LogP contribution in [0.25, 0.3) is 10.7 Å². The number of hydrogen-bond acceptors (Lipinski definition) is 5. The van der Waals surface area contributed by atoms with E-state index in [0.717, 1.165) is 29.7 Å². The van der Waals surface area contributed by atoms with Gasteiger partial charge in [-0.1, -0.05) is 6.92 Å². The van der Waals surface area contributed by atoms with Gasteiger partial charge in [-0.05, 0) is 19.3 Å². The van der Waals surface area contributed by atoms with Crippen molar-refractivity contribution >= 4 is 22.7 Å². The third-order valence-corrected chi connectivity index (χ3v) is 4.60. The largest absolute Gasteiger partial charge is 0.309 e. The van der Waals surface area contributed by atoms with E-state index in [1.54, 1.807) is 22.7 Å². The molecule has 2 aromatic rings. The van der Waals surface area contributed by atoms with E-state index in [4.69, 9.17) is 4.98 Å². The Bertz CT molecular complexity index is 486. The van der Waals surface area contributed by atoms with Crippen molar-refractivity contribution in [3.8, 4) is 10.7 Å². The monoisotopic (exact) mass is 265 g/mol. The summed E-state index contributed by atoms with van der Waals surface area (Å²) in [5.41, 5.74) is 4.11. The SMILES string of the molecule is CCc1nc(-c2cscn2)sc1CNC1CC1. The van der Waals surface area contributed by atoms with Gasteiger partial charge in [-0.15, -0.1) is 22.7 Å². The molecule has 17 heavy (non-hydrogen) atoms. The predicted octanol–water partition coefficient (Wildman–Crippen LogP) is 3.08. The summed E-state index contributed by atoms with van der Waals surface area (Å²) in [5, 5.41) is 6.69. The summed E-state index contributed by atoms with van der Waals surface area (Å²) in [6.45, 7) is 3.14. The lowest BCUT2D eigenvalue weighted by Crippen LogP contribution is -2.15. The van der Waals surface area contributed by atoms with Gasteiger partial charge < -0.3 is 5.32 Å². The van der Waals surface area contributed by atoms with Crippen LogP contribution in [0.5, 0.6) is 0 Å². The lowest BCUT2D eigenvalue weighted by Gasteiger charge is -2.00. The fourth-order valence-electron chi connectivity index (χ4n) is 1.75. The Balaban J connectivity index is 1.81. The fraction of sp³-hybridized carbons (Fsp3) is 0.500. The summed E-state index contributed by atoms with van der Waals surface area (Å²) in [4.78, 5) is 10.4. The number of nitrogens with zero attached hydrogens (tertiary/aromatic N) is 2. The van der Waals surface area contributed by atoms with Crippen molar-refractivity contribution in [2.24, 2.45) is 0 Å². The van der Waals surface area contributed by atoms with Gasteiger partial charge in [0.1, 0.15) is 10.7 Å². The smallest absolute Gasteiger partial charge is 0.143 e. The second-order valence-electron chi connectivity index (χ2n) is 4.27. The van der Waals surface area contributed by atoms with Crippen LogP contribution in [-0.2, 0) is 13.0 Å². The Morgan fingerprint density at radius 2 is 2.35 bits per heavy atom. The Labute approximate surface area is 109 Å². The maximum atomic E-state index is 4.69. The van der Waals surface area contributed by atoms with Crippen LogP contribution in [0.1, 0.15) is 30.3 Å². The zero-order valence-corrected chi connectivity index (χ0v) is 11.4. The third kappa shape index (κ3) is 2.56. The molecule has 90 valence electrons. The Morgan fingerprint density at radius 3 is 3.00 bits per heavy atom. The Hall–Kier alpha value is -0.780. The second-order valence-corrected chi connectivity index (χ2v) is 6.07. The van der Waals surface area contributed by atoms with E-state index in [-0.39, 0.29) is 0 Å². The van der Waals surface area contributed by atoms with Gasteiger partial charge in [0.25, 0.3) is 0 Å². The summed E-state index contributed by atoms with van der Waals surface area (Å²) in [5.74, 6) is 0. The molecule has 1 N–H and O–H groups in total. The van der Waals surface area contributed by atoms with Crippen LogP contribution in [0.3, 0.4) is 0 Å². The maximum absolute atomic E-state index is 4.69. The van der Waals surface area contributed by atoms with E-state index in [1.807, 2.05) is 5.51 Å². The van der Waals surface area contributed by atoms with Crippen molar-refractivity contribution in [3.05, 3.63) is 21.5 Å². The van der Waals surface area contributed by atoms with Gasteiger partial charge in [0.15, 0.2) is 0 Å². The first-order valence-corrected chi connectivity index (χ1v) is 7.73. The molecule has 5 heteroatoms. The van der Waals surface area contributed by atoms with E-state index in [1.165, 1.54) is 23.4 Å². The minimum absolute atomic E-state index is 0.754. The predicted molar refractivity (Wildman–Crippen MR) is 72.5 cm³/mol. The number of nitrogens with one attached hydrogen (secondary N) is 1. The summed E-state index contributed by atoms with van der Waals surface area (Å²) in [7, 11) is 0. The molecule has 0 saturated heterocycles. The van der Waals surface area contributed by atoms with Crippen molar-refractivity contribution in [2.45, 2.75) is 38.8 Å². The average Bonchev–Trinajstić information content (AvgIpc) is 2.88. The molecular formula is C12H15N3S2. The maximum Gasteiger partial charge on any atom is 0.143 e. The van der Waals surface area contributed by atoms with Crippen molar-refractivity contribution in [1.29, 1.82) is 0 Å². The lowest BCUT2D eigenvalue weighted by atomic mass is 10.3. The summed E-state index contributed by atoms with van der Waals surface area (Å²) < 4.78 is 0. The molecule has 0 atom stereocenters. The van der Waals surface area contributed by atoms with Gasteiger partial charge in [-0.2, -0.15) is 0 Å². The van der Waals surface area contributed by atoms with Crippen LogP contribution in [0.4, 0.5) is 0 Å². The van der Waals surface area contributed by atoms with Crippen LogP contribution < -0.4 is 5.32 Å². The van der Waals surface area contributed by atoms with E-state index >= 15 is 0 Å². The van der Waals surface area contributed by atoms with Crippen LogP contribution in [-0.4, -0.2) is 16.0 Å². The van der Waals surface area contributed by atoms with Crippen LogP contribution >= 0.6 is 22.7 Å². The van der Waals surface area contributed by atoms with Crippen LogP contribution in [0.2, 0.25) is 0 Å². The highest BCUT2D eigenvalue weighted by atomic mass is 32.1. The van der Waals surface area contributed by atoms with Crippen LogP contribution in [0, 0.1) is 0 Å². The van der Waals surface area contributed by atoms with Crippen molar-refractivity contribution in [1.82, 2.24) is 15.3 Å². The molecule has 0 bridgehead atoms. The van der Waals surface area contributed by atoms with E-state index in [0.29, 0.717) is 0 Å². The fourth-order valence-corrected chi connectivity index (χ4v) is 3.43. The van der Waals surface area contributed by atoms with E-state index < -0.39 is 0 Å². The first-order valence-electron chi connectivity index (χ1n) is 5.97. The van der Waals surface area contributed by atoms with Crippen molar-refractivity contribution < 1.29 is 0 Å². The highest BCUT2D eigenvalue weighted by molar-refractivity contribution is 7.15. The van der Waals surface area contributed by atoms with Gasteiger partial charge in [0, 0.05) is 22.8 Å². The molecule has 0 amide bonds. The molecule has 0 unspecified atom stereocenters. The summed E-state index contributed by atoms with van der Waals surface area (Å²) >= 11 is 3.41. The molecular weight excluding hydrogens is 250 g/mol. The quantitative estimate of drug-likeness (QED) is 0.903. The molecule has 1 saturated carbocycles. The molecule has 0 spiro atoms. The summed E-state index contributed by atoms with van der Waals surface area (Å²) in [6, 6.07) is 0.754.